The van der Waals surface area contributed by atoms with Crippen molar-refractivity contribution in [3.63, 3.8) is 0 Å². The first kappa shape index (κ1) is 11.9. The van der Waals surface area contributed by atoms with Gasteiger partial charge in [-0.2, -0.15) is 0 Å². The van der Waals surface area contributed by atoms with Gasteiger partial charge in [0.2, 0.25) is 0 Å². The van der Waals surface area contributed by atoms with Gasteiger partial charge in [-0.25, -0.2) is 0 Å². The minimum atomic E-state index is 0.106. The number of hydrogen-bond donors (Lipinski definition) is 0. The van der Waals surface area contributed by atoms with Gasteiger partial charge < -0.3 is 0 Å². The van der Waals surface area contributed by atoms with Crippen LogP contribution in [0.1, 0.15) is 17.3 Å². The topological polar surface area (TPSA) is 17.1 Å². The molecule has 0 aliphatic heterocycles. The average Bonchev–Trinajstić information content (AvgIpc) is 2.39. The Bertz CT molecular complexity index is 512. The van der Waals surface area contributed by atoms with Crippen molar-refractivity contribution in [3.8, 4) is 11.1 Å². The Morgan fingerprint density at radius 1 is 0.882 bits per heavy atom. The van der Waals surface area contributed by atoms with Gasteiger partial charge in [-0.05, 0) is 36.4 Å². The highest BCUT2D eigenvalue weighted by molar-refractivity contribution is 7.98. The van der Waals surface area contributed by atoms with Crippen LogP contribution in [0.4, 0.5) is 0 Å². The van der Waals surface area contributed by atoms with Crippen molar-refractivity contribution < 1.29 is 4.79 Å². The fourth-order valence-corrected chi connectivity index (χ4v) is 2.09. The van der Waals surface area contributed by atoms with Crippen molar-refractivity contribution in [2.75, 3.05) is 6.26 Å². The van der Waals surface area contributed by atoms with E-state index in [4.69, 9.17) is 0 Å². The smallest absolute Gasteiger partial charge is 0.159 e. The van der Waals surface area contributed by atoms with Gasteiger partial charge in [0.1, 0.15) is 0 Å². The summed E-state index contributed by atoms with van der Waals surface area (Å²) in [5, 5.41) is 0. The third-order valence-corrected chi connectivity index (χ3v) is 3.46. The van der Waals surface area contributed by atoms with E-state index in [1.807, 2.05) is 24.3 Å². The predicted octanol–water partition coefficient (Wildman–Crippen LogP) is 4.28. The number of Topliss-reactive ketones (excluding diaryl/α,β-unsaturated/α-hetero) is 1. The number of thioether (sulfide) groups is 1. The summed E-state index contributed by atoms with van der Waals surface area (Å²) < 4.78 is 0. The van der Waals surface area contributed by atoms with Crippen LogP contribution in [0.2, 0.25) is 0 Å². The maximum absolute atomic E-state index is 11.2. The zero-order chi connectivity index (χ0) is 12.3. The third kappa shape index (κ3) is 2.77. The van der Waals surface area contributed by atoms with Gasteiger partial charge in [-0.1, -0.05) is 36.4 Å². The molecule has 2 heteroatoms. The molecule has 2 rings (SSSR count). The van der Waals surface area contributed by atoms with Crippen LogP contribution in [0.15, 0.2) is 53.4 Å². The molecule has 2 aromatic rings. The molecule has 0 aromatic heterocycles. The minimum Gasteiger partial charge on any atom is -0.295 e. The van der Waals surface area contributed by atoms with Crippen LogP contribution in [-0.2, 0) is 0 Å². The van der Waals surface area contributed by atoms with Crippen molar-refractivity contribution in [1.29, 1.82) is 0 Å². The lowest BCUT2D eigenvalue weighted by atomic mass is 10.0. The molecule has 0 amide bonds. The van der Waals surface area contributed by atoms with E-state index >= 15 is 0 Å². The van der Waals surface area contributed by atoms with Crippen molar-refractivity contribution in [2.45, 2.75) is 11.8 Å². The fourth-order valence-electron chi connectivity index (χ4n) is 1.68. The van der Waals surface area contributed by atoms with Crippen LogP contribution in [0.25, 0.3) is 11.1 Å². The lowest BCUT2D eigenvalue weighted by molar-refractivity contribution is 0.101. The van der Waals surface area contributed by atoms with E-state index in [0.717, 1.165) is 11.1 Å². The number of benzene rings is 2. The van der Waals surface area contributed by atoms with E-state index in [-0.39, 0.29) is 5.78 Å². The Kier molecular flexibility index (Phi) is 3.64. The van der Waals surface area contributed by atoms with Crippen LogP contribution in [0.5, 0.6) is 0 Å². The molecule has 17 heavy (non-hydrogen) atoms. The monoisotopic (exact) mass is 242 g/mol. The van der Waals surface area contributed by atoms with Gasteiger partial charge in [0.05, 0.1) is 0 Å². The first-order valence-electron chi connectivity index (χ1n) is 5.46. The second-order valence-electron chi connectivity index (χ2n) is 3.86. The third-order valence-electron chi connectivity index (χ3n) is 2.71. The first-order chi connectivity index (χ1) is 8.20. The standard InChI is InChI=1S/C15H14OS/c1-11(16)12-3-5-13(6-4-12)14-7-9-15(17-2)10-8-14/h3-10H,1-2H3. The van der Waals surface area contributed by atoms with Crippen molar-refractivity contribution >= 4 is 17.5 Å². The Balaban J connectivity index is 2.29. The van der Waals surface area contributed by atoms with E-state index in [1.54, 1.807) is 18.7 Å². The van der Waals surface area contributed by atoms with E-state index in [0.29, 0.717) is 0 Å². The second-order valence-corrected chi connectivity index (χ2v) is 4.74. The fraction of sp³-hybridized carbons (Fsp3) is 0.133. The molecule has 0 radical (unpaired) electrons. The average molecular weight is 242 g/mol. The highest BCUT2D eigenvalue weighted by Crippen LogP contribution is 2.23. The number of carbonyl (C=O) groups is 1. The largest absolute Gasteiger partial charge is 0.295 e. The summed E-state index contributed by atoms with van der Waals surface area (Å²) >= 11 is 1.73. The van der Waals surface area contributed by atoms with Gasteiger partial charge in [0, 0.05) is 10.5 Å². The molecular weight excluding hydrogens is 228 g/mol. The molecule has 1 nitrogen and oxygen atoms in total. The van der Waals surface area contributed by atoms with Crippen molar-refractivity contribution in [3.05, 3.63) is 54.1 Å². The summed E-state index contributed by atoms with van der Waals surface area (Å²) in [6, 6.07) is 16.2. The van der Waals surface area contributed by atoms with Crippen LogP contribution in [-0.4, -0.2) is 12.0 Å². The first-order valence-corrected chi connectivity index (χ1v) is 6.68. The Hall–Kier alpha value is -1.54. The zero-order valence-electron chi connectivity index (χ0n) is 9.94. The molecule has 0 unspecified atom stereocenters. The molecule has 0 aliphatic carbocycles. The lowest BCUT2D eigenvalue weighted by Crippen LogP contribution is -1.90. The van der Waals surface area contributed by atoms with Crippen LogP contribution < -0.4 is 0 Å². The predicted molar refractivity (Wildman–Crippen MR) is 73.7 cm³/mol. The van der Waals surface area contributed by atoms with E-state index < -0.39 is 0 Å². The van der Waals surface area contributed by atoms with Crippen LogP contribution in [0, 0.1) is 0 Å². The Morgan fingerprint density at radius 3 is 1.76 bits per heavy atom. The van der Waals surface area contributed by atoms with Gasteiger partial charge in [-0.15, -0.1) is 11.8 Å². The molecule has 0 N–H and O–H groups in total. The van der Waals surface area contributed by atoms with Crippen LogP contribution in [0.3, 0.4) is 0 Å². The SMILES string of the molecule is CSc1ccc(-c2ccc(C(C)=O)cc2)cc1. The van der Waals surface area contributed by atoms with Crippen LogP contribution >= 0.6 is 11.8 Å². The summed E-state index contributed by atoms with van der Waals surface area (Å²) in [6.07, 6.45) is 2.07. The molecule has 0 bridgehead atoms. The highest BCUT2D eigenvalue weighted by Gasteiger charge is 2.01. The molecule has 0 atom stereocenters. The highest BCUT2D eigenvalue weighted by atomic mass is 32.2. The number of ketones is 1. The summed E-state index contributed by atoms with van der Waals surface area (Å²) in [5.41, 5.74) is 3.08. The summed E-state index contributed by atoms with van der Waals surface area (Å²) in [5.74, 6) is 0.106. The number of hydrogen-bond acceptors (Lipinski definition) is 2. The number of rotatable bonds is 3. The second kappa shape index (κ2) is 5.19. The maximum Gasteiger partial charge on any atom is 0.159 e. The van der Waals surface area contributed by atoms with Crippen molar-refractivity contribution in [1.82, 2.24) is 0 Å². The number of carbonyl (C=O) groups excluding carboxylic acids is 1. The summed E-state index contributed by atoms with van der Waals surface area (Å²) in [4.78, 5) is 12.4. The van der Waals surface area contributed by atoms with Crippen molar-refractivity contribution in [2.24, 2.45) is 0 Å². The molecule has 0 spiro atoms. The van der Waals surface area contributed by atoms with E-state index in [9.17, 15) is 4.79 Å². The molecule has 0 saturated carbocycles. The van der Waals surface area contributed by atoms with E-state index in [2.05, 4.69) is 30.5 Å². The molecular formula is C15H14OS. The molecule has 0 saturated heterocycles. The van der Waals surface area contributed by atoms with Gasteiger partial charge in [0.15, 0.2) is 5.78 Å². The molecule has 0 aliphatic rings. The Morgan fingerprint density at radius 2 is 1.35 bits per heavy atom. The van der Waals surface area contributed by atoms with Gasteiger partial charge in [0.25, 0.3) is 0 Å². The molecule has 2 aromatic carbocycles. The summed E-state index contributed by atoms with van der Waals surface area (Å²) in [6.45, 7) is 1.59. The van der Waals surface area contributed by atoms with Gasteiger partial charge >= 0.3 is 0 Å². The quantitative estimate of drug-likeness (QED) is 0.590. The van der Waals surface area contributed by atoms with E-state index in [1.165, 1.54) is 10.5 Å². The maximum atomic E-state index is 11.2. The van der Waals surface area contributed by atoms with Gasteiger partial charge in [-0.3, -0.25) is 4.79 Å². The lowest BCUT2D eigenvalue weighted by Gasteiger charge is -2.03. The zero-order valence-corrected chi connectivity index (χ0v) is 10.8. The normalized spacial score (nSPS) is 10.2. The molecule has 86 valence electrons. The minimum absolute atomic E-state index is 0.106. The Labute approximate surface area is 106 Å². The summed E-state index contributed by atoms with van der Waals surface area (Å²) in [7, 11) is 0. The molecule has 0 heterocycles. The molecule has 0 fully saturated rings.